The lowest BCUT2D eigenvalue weighted by atomic mass is 9.99. The lowest BCUT2D eigenvalue weighted by molar-refractivity contribution is 0.0952. The molecule has 1 unspecified atom stereocenters. The topological polar surface area (TPSA) is 50.1 Å². The summed E-state index contributed by atoms with van der Waals surface area (Å²) in [5.74, 6) is 0. The van der Waals surface area contributed by atoms with Gasteiger partial charge in [-0.2, -0.15) is 5.10 Å². The van der Waals surface area contributed by atoms with Gasteiger partial charge in [0.05, 0.1) is 11.8 Å². The third-order valence-corrected chi connectivity index (χ3v) is 2.69. The maximum absolute atomic E-state index is 9.49. The number of aliphatic hydroxyl groups is 1. The number of nitrogens with one attached hydrogen (secondary N) is 1. The molecule has 4 nitrogen and oxygen atoms in total. The molecule has 4 heteroatoms. The number of nitrogens with zero attached hydrogens (tertiary/aromatic N) is 2. The van der Waals surface area contributed by atoms with Crippen LogP contribution in [-0.4, -0.2) is 26.5 Å². The van der Waals surface area contributed by atoms with Crippen LogP contribution < -0.4 is 5.32 Å². The smallest absolute Gasteiger partial charge is 0.0688 e. The van der Waals surface area contributed by atoms with Crippen molar-refractivity contribution in [1.82, 2.24) is 15.1 Å². The van der Waals surface area contributed by atoms with Crippen molar-refractivity contribution in [2.45, 2.75) is 39.0 Å². The molecule has 0 aliphatic carbocycles. The first-order valence-corrected chi connectivity index (χ1v) is 4.83. The van der Waals surface area contributed by atoms with E-state index in [1.54, 1.807) is 13.1 Å². The van der Waals surface area contributed by atoms with Crippen LogP contribution in [0, 0.1) is 0 Å². The fourth-order valence-corrected chi connectivity index (χ4v) is 1.04. The van der Waals surface area contributed by atoms with Crippen molar-refractivity contribution in [3.05, 3.63) is 18.0 Å². The van der Waals surface area contributed by atoms with Gasteiger partial charge in [0.15, 0.2) is 0 Å². The molecular formula is C10H19N3O. The molecule has 1 heterocycles. The van der Waals surface area contributed by atoms with E-state index in [9.17, 15) is 5.11 Å². The van der Waals surface area contributed by atoms with Crippen molar-refractivity contribution in [2.75, 3.05) is 0 Å². The molecule has 80 valence electrons. The molecule has 0 bridgehead atoms. The van der Waals surface area contributed by atoms with E-state index < -0.39 is 0 Å². The summed E-state index contributed by atoms with van der Waals surface area (Å²) in [4.78, 5) is 0. The van der Waals surface area contributed by atoms with Crippen LogP contribution in [0.2, 0.25) is 0 Å². The minimum absolute atomic E-state index is 0.274. The summed E-state index contributed by atoms with van der Waals surface area (Å²) in [6, 6.07) is 1.96. The molecule has 0 aliphatic rings. The lowest BCUT2D eigenvalue weighted by Gasteiger charge is -2.29. The molecule has 1 aromatic rings. The van der Waals surface area contributed by atoms with Crippen LogP contribution in [0.15, 0.2) is 12.3 Å². The van der Waals surface area contributed by atoms with Gasteiger partial charge in [0.1, 0.15) is 0 Å². The van der Waals surface area contributed by atoms with Crippen LogP contribution in [0.5, 0.6) is 0 Å². The normalized spacial score (nSPS) is 14.4. The van der Waals surface area contributed by atoms with E-state index >= 15 is 0 Å². The van der Waals surface area contributed by atoms with Gasteiger partial charge in [-0.15, -0.1) is 0 Å². The third kappa shape index (κ3) is 2.56. The highest BCUT2D eigenvalue weighted by Crippen LogP contribution is 2.09. The summed E-state index contributed by atoms with van der Waals surface area (Å²) in [5, 5.41) is 16.9. The first kappa shape index (κ1) is 11.2. The number of hydrogen-bond acceptors (Lipinski definition) is 3. The summed E-state index contributed by atoms with van der Waals surface area (Å²) in [5.41, 5.74) is 0.836. The Labute approximate surface area is 84.9 Å². The van der Waals surface area contributed by atoms with Gasteiger partial charge in [-0.25, -0.2) is 0 Å². The van der Waals surface area contributed by atoms with Crippen LogP contribution in [0.1, 0.15) is 26.5 Å². The second kappa shape index (κ2) is 4.11. The largest absolute Gasteiger partial charge is 0.392 e. The lowest BCUT2D eigenvalue weighted by Crippen LogP contribution is -2.47. The molecular weight excluding hydrogens is 178 g/mol. The van der Waals surface area contributed by atoms with Crippen molar-refractivity contribution in [2.24, 2.45) is 7.05 Å². The molecule has 0 aliphatic heterocycles. The molecule has 0 radical (unpaired) electrons. The Balaban J connectivity index is 2.53. The molecule has 1 atom stereocenters. The second-order valence-corrected chi connectivity index (χ2v) is 4.20. The summed E-state index contributed by atoms with van der Waals surface area (Å²) >= 11 is 0. The SMILES string of the molecule is CC(O)C(C)(C)NCc1ccnn1C. The Morgan fingerprint density at radius 2 is 2.29 bits per heavy atom. The van der Waals surface area contributed by atoms with E-state index in [1.807, 2.05) is 31.6 Å². The zero-order valence-electron chi connectivity index (χ0n) is 9.28. The van der Waals surface area contributed by atoms with Gasteiger partial charge in [-0.3, -0.25) is 4.68 Å². The van der Waals surface area contributed by atoms with Crippen LogP contribution in [0.25, 0.3) is 0 Å². The van der Waals surface area contributed by atoms with E-state index in [2.05, 4.69) is 10.4 Å². The van der Waals surface area contributed by atoms with Crippen molar-refractivity contribution in [3.63, 3.8) is 0 Å². The summed E-state index contributed by atoms with van der Waals surface area (Å²) in [6.45, 7) is 6.46. The van der Waals surface area contributed by atoms with Gasteiger partial charge in [-0.05, 0) is 26.8 Å². The van der Waals surface area contributed by atoms with Gasteiger partial charge >= 0.3 is 0 Å². The minimum atomic E-state index is -0.379. The predicted octanol–water partition coefficient (Wildman–Crippen LogP) is 0.669. The minimum Gasteiger partial charge on any atom is -0.392 e. The highest BCUT2D eigenvalue weighted by atomic mass is 16.3. The van der Waals surface area contributed by atoms with Crippen molar-refractivity contribution < 1.29 is 5.11 Å². The van der Waals surface area contributed by atoms with Gasteiger partial charge in [0.2, 0.25) is 0 Å². The Morgan fingerprint density at radius 3 is 2.71 bits per heavy atom. The zero-order valence-corrected chi connectivity index (χ0v) is 9.28. The quantitative estimate of drug-likeness (QED) is 0.746. The van der Waals surface area contributed by atoms with E-state index in [1.165, 1.54) is 0 Å². The first-order valence-electron chi connectivity index (χ1n) is 4.83. The molecule has 0 fully saturated rings. The van der Waals surface area contributed by atoms with Crippen LogP contribution in [0.4, 0.5) is 0 Å². The molecule has 0 aromatic carbocycles. The Hall–Kier alpha value is -0.870. The van der Waals surface area contributed by atoms with E-state index in [4.69, 9.17) is 0 Å². The summed E-state index contributed by atoms with van der Waals surface area (Å²) in [7, 11) is 1.91. The molecule has 1 rings (SSSR count). The molecule has 14 heavy (non-hydrogen) atoms. The summed E-state index contributed by atoms with van der Waals surface area (Å²) < 4.78 is 1.82. The average molecular weight is 197 g/mol. The van der Waals surface area contributed by atoms with Gasteiger partial charge in [0.25, 0.3) is 0 Å². The number of aryl methyl sites for hydroxylation is 1. The zero-order chi connectivity index (χ0) is 10.8. The van der Waals surface area contributed by atoms with Gasteiger partial charge in [-0.1, -0.05) is 0 Å². The molecule has 2 N–H and O–H groups in total. The number of hydrogen-bond donors (Lipinski definition) is 2. The molecule has 0 spiro atoms. The van der Waals surface area contributed by atoms with Crippen LogP contribution in [0.3, 0.4) is 0 Å². The van der Waals surface area contributed by atoms with Gasteiger partial charge in [0, 0.05) is 25.3 Å². The third-order valence-electron chi connectivity index (χ3n) is 2.69. The van der Waals surface area contributed by atoms with Crippen molar-refractivity contribution in [1.29, 1.82) is 0 Å². The van der Waals surface area contributed by atoms with Crippen LogP contribution in [-0.2, 0) is 13.6 Å². The number of aromatic nitrogens is 2. The van der Waals surface area contributed by atoms with Crippen molar-refractivity contribution in [3.8, 4) is 0 Å². The Kier molecular flexibility index (Phi) is 3.29. The number of rotatable bonds is 4. The van der Waals surface area contributed by atoms with Gasteiger partial charge < -0.3 is 10.4 Å². The molecule has 0 saturated carbocycles. The first-order chi connectivity index (χ1) is 6.43. The maximum Gasteiger partial charge on any atom is 0.0688 e. The maximum atomic E-state index is 9.49. The highest BCUT2D eigenvalue weighted by molar-refractivity contribution is 5.00. The summed E-state index contributed by atoms with van der Waals surface area (Å²) in [6.07, 6.45) is 1.39. The second-order valence-electron chi connectivity index (χ2n) is 4.20. The van der Waals surface area contributed by atoms with E-state index in [0.717, 1.165) is 5.69 Å². The van der Waals surface area contributed by atoms with E-state index in [0.29, 0.717) is 6.54 Å². The predicted molar refractivity (Wildman–Crippen MR) is 55.8 cm³/mol. The monoisotopic (exact) mass is 197 g/mol. The molecule has 0 saturated heterocycles. The molecule has 1 aromatic heterocycles. The Bertz CT molecular complexity index is 291. The highest BCUT2D eigenvalue weighted by Gasteiger charge is 2.23. The fourth-order valence-electron chi connectivity index (χ4n) is 1.04. The van der Waals surface area contributed by atoms with E-state index in [-0.39, 0.29) is 11.6 Å². The molecule has 0 amide bonds. The van der Waals surface area contributed by atoms with Crippen molar-refractivity contribution >= 4 is 0 Å². The fraction of sp³-hybridized carbons (Fsp3) is 0.700. The average Bonchev–Trinajstić information content (AvgIpc) is 2.47. The Morgan fingerprint density at radius 1 is 1.64 bits per heavy atom. The number of aliphatic hydroxyl groups excluding tert-OH is 1. The standard InChI is InChI=1S/C10H19N3O/c1-8(14)10(2,3)11-7-9-5-6-12-13(9)4/h5-6,8,11,14H,7H2,1-4H3. The van der Waals surface area contributed by atoms with Crippen LogP contribution >= 0.6 is 0 Å².